The van der Waals surface area contributed by atoms with Crippen LogP contribution in [0.15, 0.2) is 73.1 Å². The first-order valence-electron chi connectivity index (χ1n) is 8.91. The number of carbonyl (C=O) groups excluding carboxylic acids is 1. The number of methoxy groups -OCH3 is 1. The van der Waals surface area contributed by atoms with E-state index in [4.69, 9.17) is 4.74 Å². The lowest BCUT2D eigenvalue weighted by Gasteiger charge is -2.24. The van der Waals surface area contributed by atoms with E-state index in [-0.39, 0.29) is 11.9 Å². The fourth-order valence-corrected chi connectivity index (χ4v) is 3.67. The predicted molar refractivity (Wildman–Crippen MR) is 103 cm³/mol. The molecular formula is C22H22N2O2. The van der Waals surface area contributed by atoms with Gasteiger partial charge in [-0.2, -0.15) is 0 Å². The molecule has 4 heteroatoms. The van der Waals surface area contributed by atoms with E-state index in [0.29, 0.717) is 6.42 Å². The maximum Gasteiger partial charge on any atom is 0.229 e. The number of rotatable bonds is 5. The third kappa shape index (κ3) is 3.10. The zero-order chi connectivity index (χ0) is 17.9. The van der Waals surface area contributed by atoms with Crippen molar-refractivity contribution in [2.75, 3.05) is 18.6 Å². The summed E-state index contributed by atoms with van der Waals surface area (Å²) in [5, 5.41) is 0. The standard InChI is InChI=1S/C22H22N2O2/c1-26-19-9-6-8-18(15-19)21(23-12-4-5-13-23)16-22(25)24-14-11-17-7-2-3-10-20(17)24/h2-10,12-13,15,21H,11,14,16H2,1H3. The first kappa shape index (κ1) is 16.5. The Kier molecular flexibility index (Phi) is 4.48. The normalized spacial score (nSPS) is 14.1. The molecule has 1 aromatic heterocycles. The van der Waals surface area contributed by atoms with Crippen molar-refractivity contribution in [2.24, 2.45) is 0 Å². The first-order valence-corrected chi connectivity index (χ1v) is 8.91. The lowest BCUT2D eigenvalue weighted by Crippen LogP contribution is -2.31. The number of hydrogen-bond acceptors (Lipinski definition) is 2. The topological polar surface area (TPSA) is 34.5 Å². The summed E-state index contributed by atoms with van der Waals surface area (Å²) in [6.45, 7) is 0.759. The summed E-state index contributed by atoms with van der Waals surface area (Å²) in [5.74, 6) is 0.954. The zero-order valence-electron chi connectivity index (χ0n) is 14.8. The minimum Gasteiger partial charge on any atom is -0.497 e. The highest BCUT2D eigenvalue weighted by atomic mass is 16.5. The van der Waals surface area contributed by atoms with Crippen LogP contribution in [0.4, 0.5) is 5.69 Å². The monoisotopic (exact) mass is 346 g/mol. The lowest BCUT2D eigenvalue weighted by atomic mass is 10.0. The van der Waals surface area contributed by atoms with Crippen molar-refractivity contribution in [2.45, 2.75) is 18.9 Å². The van der Waals surface area contributed by atoms with E-state index in [2.05, 4.69) is 16.7 Å². The summed E-state index contributed by atoms with van der Waals surface area (Å²) in [6, 6.07) is 20.1. The molecule has 2 heterocycles. The SMILES string of the molecule is COc1cccc(C(CC(=O)N2CCc3ccccc32)n2cccc2)c1. The maximum absolute atomic E-state index is 13.1. The Morgan fingerprint density at radius 2 is 1.88 bits per heavy atom. The van der Waals surface area contributed by atoms with E-state index < -0.39 is 0 Å². The van der Waals surface area contributed by atoms with Crippen molar-refractivity contribution < 1.29 is 9.53 Å². The molecule has 26 heavy (non-hydrogen) atoms. The number of aromatic nitrogens is 1. The molecule has 0 saturated heterocycles. The molecule has 1 amide bonds. The van der Waals surface area contributed by atoms with Crippen LogP contribution in [-0.4, -0.2) is 24.1 Å². The molecule has 0 saturated carbocycles. The second-order valence-corrected chi connectivity index (χ2v) is 6.55. The molecule has 4 rings (SSSR count). The van der Waals surface area contributed by atoms with Crippen LogP contribution >= 0.6 is 0 Å². The van der Waals surface area contributed by atoms with E-state index >= 15 is 0 Å². The fraction of sp³-hybridized carbons (Fsp3) is 0.227. The Hall–Kier alpha value is -3.01. The summed E-state index contributed by atoms with van der Waals surface area (Å²) < 4.78 is 7.46. The molecule has 0 fully saturated rings. The van der Waals surface area contributed by atoms with Gasteiger partial charge in [0.15, 0.2) is 0 Å². The van der Waals surface area contributed by atoms with Crippen LogP contribution in [0.5, 0.6) is 5.75 Å². The van der Waals surface area contributed by atoms with Crippen molar-refractivity contribution in [3.05, 3.63) is 84.2 Å². The Bertz CT molecular complexity index is 902. The zero-order valence-corrected chi connectivity index (χ0v) is 14.8. The highest BCUT2D eigenvalue weighted by molar-refractivity contribution is 5.95. The highest BCUT2D eigenvalue weighted by Crippen LogP contribution is 2.31. The predicted octanol–water partition coefficient (Wildman–Crippen LogP) is 4.07. The van der Waals surface area contributed by atoms with Gasteiger partial charge in [0.1, 0.15) is 5.75 Å². The number of ether oxygens (including phenoxy) is 1. The minimum atomic E-state index is -0.0552. The van der Waals surface area contributed by atoms with Gasteiger partial charge < -0.3 is 14.2 Å². The van der Waals surface area contributed by atoms with Gasteiger partial charge in [-0.1, -0.05) is 30.3 Å². The van der Waals surface area contributed by atoms with Gasteiger partial charge in [0.05, 0.1) is 19.6 Å². The summed E-state index contributed by atoms with van der Waals surface area (Å²) in [5.41, 5.74) is 3.37. The van der Waals surface area contributed by atoms with E-state index in [1.54, 1.807) is 7.11 Å². The van der Waals surface area contributed by atoms with Gasteiger partial charge in [-0.3, -0.25) is 4.79 Å². The van der Waals surface area contributed by atoms with Crippen molar-refractivity contribution in [3.63, 3.8) is 0 Å². The molecule has 0 N–H and O–H groups in total. The van der Waals surface area contributed by atoms with Crippen molar-refractivity contribution >= 4 is 11.6 Å². The van der Waals surface area contributed by atoms with Gasteiger partial charge in [0.25, 0.3) is 0 Å². The molecule has 3 aromatic rings. The van der Waals surface area contributed by atoms with E-state index in [1.165, 1.54) is 5.56 Å². The van der Waals surface area contributed by atoms with Crippen molar-refractivity contribution in [1.29, 1.82) is 0 Å². The fourth-order valence-electron chi connectivity index (χ4n) is 3.67. The molecular weight excluding hydrogens is 324 g/mol. The number of hydrogen-bond donors (Lipinski definition) is 0. The van der Waals surface area contributed by atoms with Gasteiger partial charge >= 0.3 is 0 Å². The number of fused-ring (bicyclic) bond motifs is 1. The number of anilines is 1. The lowest BCUT2D eigenvalue weighted by molar-refractivity contribution is -0.119. The van der Waals surface area contributed by atoms with Gasteiger partial charge in [0, 0.05) is 24.6 Å². The Balaban J connectivity index is 1.62. The number of amides is 1. The van der Waals surface area contributed by atoms with Gasteiger partial charge in [0.2, 0.25) is 5.91 Å². The van der Waals surface area contributed by atoms with Crippen LogP contribution in [0, 0.1) is 0 Å². The van der Waals surface area contributed by atoms with E-state index in [1.807, 2.05) is 65.8 Å². The van der Waals surface area contributed by atoms with Gasteiger partial charge in [-0.15, -0.1) is 0 Å². The smallest absolute Gasteiger partial charge is 0.229 e. The van der Waals surface area contributed by atoms with Crippen LogP contribution < -0.4 is 9.64 Å². The van der Waals surface area contributed by atoms with E-state index in [9.17, 15) is 4.79 Å². The molecule has 4 nitrogen and oxygen atoms in total. The molecule has 0 spiro atoms. The van der Waals surface area contributed by atoms with Crippen LogP contribution in [0.3, 0.4) is 0 Å². The molecule has 132 valence electrons. The largest absolute Gasteiger partial charge is 0.497 e. The van der Waals surface area contributed by atoms with E-state index in [0.717, 1.165) is 30.0 Å². The molecule has 0 bridgehead atoms. The number of carbonyl (C=O) groups is 1. The van der Waals surface area contributed by atoms with Crippen LogP contribution in [-0.2, 0) is 11.2 Å². The third-order valence-electron chi connectivity index (χ3n) is 5.02. The molecule has 1 unspecified atom stereocenters. The molecule has 0 aliphatic carbocycles. The summed E-state index contributed by atoms with van der Waals surface area (Å²) in [4.78, 5) is 15.0. The minimum absolute atomic E-state index is 0.0552. The molecule has 1 atom stereocenters. The highest BCUT2D eigenvalue weighted by Gasteiger charge is 2.27. The number of para-hydroxylation sites is 1. The summed E-state index contributed by atoms with van der Waals surface area (Å²) in [7, 11) is 1.66. The van der Waals surface area contributed by atoms with Crippen molar-refractivity contribution in [1.82, 2.24) is 4.57 Å². The number of benzene rings is 2. The van der Waals surface area contributed by atoms with Crippen LogP contribution in [0.25, 0.3) is 0 Å². The average molecular weight is 346 g/mol. The quantitative estimate of drug-likeness (QED) is 0.698. The molecule has 1 aliphatic heterocycles. The third-order valence-corrected chi connectivity index (χ3v) is 5.02. The molecule has 2 aromatic carbocycles. The molecule has 0 radical (unpaired) electrons. The van der Waals surface area contributed by atoms with Gasteiger partial charge in [-0.25, -0.2) is 0 Å². The molecule has 1 aliphatic rings. The Labute approximate surface area is 153 Å². The van der Waals surface area contributed by atoms with Gasteiger partial charge in [-0.05, 0) is 47.9 Å². The van der Waals surface area contributed by atoms with Crippen LogP contribution in [0.2, 0.25) is 0 Å². The summed E-state index contributed by atoms with van der Waals surface area (Å²) in [6.07, 6.45) is 5.36. The van der Waals surface area contributed by atoms with Crippen molar-refractivity contribution in [3.8, 4) is 5.75 Å². The maximum atomic E-state index is 13.1. The summed E-state index contributed by atoms with van der Waals surface area (Å²) >= 11 is 0. The average Bonchev–Trinajstić information content (AvgIpc) is 3.36. The van der Waals surface area contributed by atoms with Crippen LogP contribution in [0.1, 0.15) is 23.6 Å². The first-order chi connectivity index (χ1) is 12.8. The Morgan fingerprint density at radius 1 is 1.08 bits per heavy atom. The second kappa shape index (κ2) is 7.08. The second-order valence-electron chi connectivity index (χ2n) is 6.55. The Morgan fingerprint density at radius 3 is 2.69 bits per heavy atom. The number of nitrogens with zero attached hydrogens (tertiary/aromatic N) is 2.